The van der Waals surface area contributed by atoms with E-state index in [-0.39, 0.29) is 18.8 Å². The van der Waals surface area contributed by atoms with Crippen LogP contribution < -0.4 is 5.32 Å². The lowest BCUT2D eigenvalue weighted by atomic mass is 10.1. The van der Waals surface area contributed by atoms with Crippen molar-refractivity contribution in [1.29, 1.82) is 0 Å². The van der Waals surface area contributed by atoms with Crippen LogP contribution in [0.3, 0.4) is 0 Å². The van der Waals surface area contributed by atoms with Gasteiger partial charge in [0.2, 0.25) is 5.91 Å². The molecule has 0 heterocycles. The third kappa shape index (κ3) is 4.73. The third-order valence-electron chi connectivity index (χ3n) is 3.16. The summed E-state index contributed by atoms with van der Waals surface area (Å²) in [5.41, 5.74) is -1.29. The standard InChI is InChI=1S/C14H17F3N2O3/c1-3-19(9(2)13(21)22)8-12(20)18-11-7-5-4-6-10(11)14(15,16)17/h4-7,9H,3,8H2,1-2H3,(H,18,20)(H,21,22). The van der Waals surface area contributed by atoms with Crippen LogP contribution in [-0.4, -0.2) is 41.0 Å². The average Bonchev–Trinajstić information content (AvgIpc) is 2.43. The number of benzene rings is 1. The van der Waals surface area contributed by atoms with Gasteiger partial charge in [-0.1, -0.05) is 19.1 Å². The second kappa shape index (κ2) is 7.26. The molecule has 1 aromatic carbocycles. The molecule has 1 rings (SSSR count). The molecule has 122 valence electrons. The van der Waals surface area contributed by atoms with Crippen molar-refractivity contribution < 1.29 is 27.9 Å². The van der Waals surface area contributed by atoms with E-state index in [1.54, 1.807) is 6.92 Å². The minimum Gasteiger partial charge on any atom is -0.480 e. The number of alkyl halides is 3. The van der Waals surface area contributed by atoms with Crippen molar-refractivity contribution >= 4 is 17.6 Å². The van der Waals surface area contributed by atoms with Gasteiger partial charge in [0.15, 0.2) is 0 Å². The molecule has 0 spiro atoms. The van der Waals surface area contributed by atoms with E-state index in [1.807, 2.05) is 0 Å². The first kappa shape index (κ1) is 18.0. The summed E-state index contributed by atoms with van der Waals surface area (Å²) < 4.78 is 38.5. The van der Waals surface area contributed by atoms with E-state index in [1.165, 1.54) is 24.0 Å². The molecule has 0 aliphatic carbocycles. The molecule has 0 saturated heterocycles. The van der Waals surface area contributed by atoms with Gasteiger partial charge in [0.25, 0.3) is 0 Å². The predicted molar refractivity (Wildman–Crippen MR) is 74.4 cm³/mol. The highest BCUT2D eigenvalue weighted by molar-refractivity contribution is 5.93. The van der Waals surface area contributed by atoms with Crippen molar-refractivity contribution in [2.24, 2.45) is 0 Å². The molecule has 0 aliphatic heterocycles. The Labute approximate surface area is 125 Å². The number of carboxylic acid groups (broad SMARTS) is 1. The van der Waals surface area contributed by atoms with Crippen molar-refractivity contribution in [1.82, 2.24) is 4.90 Å². The Bertz CT molecular complexity index is 546. The summed E-state index contributed by atoms with van der Waals surface area (Å²) in [7, 11) is 0. The number of carbonyl (C=O) groups excluding carboxylic acids is 1. The first-order valence-corrected chi connectivity index (χ1v) is 6.59. The summed E-state index contributed by atoms with van der Waals surface area (Å²) in [4.78, 5) is 24.1. The fourth-order valence-corrected chi connectivity index (χ4v) is 1.89. The predicted octanol–water partition coefficient (Wildman–Crippen LogP) is 2.44. The maximum absolute atomic E-state index is 12.8. The number of hydrogen-bond donors (Lipinski definition) is 2. The van der Waals surface area contributed by atoms with E-state index >= 15 is 0 Å². The summed E-state index contributed by atoms with van der Waals surface area (Å²) in [6, 6.07) is 3.71. The highest BCUT2D eigenvalue weighted by Gasteiger charge is 2.33. The number of carbonyl (C=O) groups is 2. The number of amides is 1. The lowest BCUT2D eigenvalue weighted by Crippen LogP contribution is -2.43. The van der Waals surface area contributed by atoms with Gasteiger partial charge in [-0.05, 0) is 25.6 Å². The Morgan fingerprint density at radius 3 is 2.41 bits per heavy atom. The number of hydrogen-bond acceptors (Lipinski definition) is 3. The van der Waals surface area contributed by atoms with Crippen molar-refractivity contribution in [3.8, 4) is 0 Å². The van der Waals surface area contributed by atoms with Gasteiger partial charge in [-0.3, -0.25) is 14.5 Å². The Kier molecular flexibility index (Phi) is 5.92. The number of para-hydroxylation sites is 1. The fraction of sp³-hybridized carbons (Fsp3) is 0.429. The van der Waals surface area contributed by atoms with Gasteiger partial charge in [-0.2, -0.15) is 13.2 Å². The quantitative estimate of drug-likeness (QED) is 0.845. The molecule has 8 heteroatoms. The molecule has 0 aromatic heterocycles. The molecule has 0 aliphatic rings. The Balaban J connectivity index is 2.84. The van der Waals surface area contributed by atoms with E-state index < -0.39 is 29.7 Å². The number of aliphatic carboxylic acids is 1. The Morgan fingerprint density at radius 2 is 1.91 bits per heavy atom. The number of halogens is 3. The number of nitrogens with one attached hydrogen (secondary N) is 1. The Hall–Kier alpha value is -2.09. The van der Waals surface area contributed by atoms with Crippen LogP contribution in [0.5, 0.6) is 0 Å². The van der Waals surface area contributed by atoms with Crippen LogP contribution in [-0.2, 0) is 15.8 Å². The smallest absolute Gasteiger partial charge is 0.418 e. The molecule has 1 unspecified atom stereocenters. The van der Waals surface area contributed by atoms with Crippen molar-refractivity contribution in [2.75, 3.05) is 18.4 Å². The Morgan fingerprint density at radius 1 is 1.32 bits per heavy atom. The van der Waals surface area contributed by atoms with Gasteiger partial charge in [-0.15, -0.1) is 0 Å². The van der Waals surface area contributed by atoms with Crippen LogP contribution in [0.25, 0.3) is 0 Å². The zero-order valence-electron chi connectivity index (χ0n) is 12.1. The number of nitrogens with zero attached hydrogens (tertiary/aromatic N) is 1. The topological polar surface area (TPSA) is 69.6 Å². The number of likely N-dealkylation sites (N-methyl/N-ethyl adjacent to an activating group) is 1. The maximum Gasteiger partial charge on any atom is 0.418 e. The zero-order chi connectivity index (χ0) is 16.9. The molecule has 1 atom stereocenters. The van der Waals surface area contributed by atoms with E-state index in [0.29, 0.717) is 0 Å². The number of carboxylic acids is 1. The van der Waals surface area contributed by atoms with Gasteiger partial charge in [0.05, 0.1) is 17.8 Å². The lowest BCUT2D eigenvalue weighted by molar-refractivity contribution is -0.142. The molecule has 0 saturated carbocycles. The average molecular weight is 318 g/mol. The fourth-order valence-electron chi connectivity index (χ4n) is 1.89. The largest absolute Gasteiger partial charge is 0.480 e. The molecule has 2 N–H and O–H groups in total. The van der Waals surface area contributed by atoms with Gasteiger partial charge in [0, 0.05) is 0 Å². The first-order chi connectivity index (χ1) is 10.2. The maximum atomic E-state index is 12.8. The van der Waals surface area contributed by atoms with Crippen molar-refractivity contribution in [2.45, 2.75) is 26.1 Å². The van der Waals surface area contributed by atoms with E-state index in [2.05, 4.69) is 5.32 Å². The summed E-state index contributed by atoms with van der Waals surface area (Å²) in [5, 5.41) is 11.1. The van der Waals surface area contributed by atoms with Crippen LogP contribution in [0.2, 0.25) is 0 Å². The number of anilines is 1. The van der Waals surface area contributed by atoms with Crippen LogP contribution in [0.1, 0.15) is 19.4 Å². The van der Waals surface area contributed by atoms with Crippen molar-refractivity contribution in [3.63, 3.8) is 0 Å². The molecule has 5 nitrogen and oxygen atoms in total. The molecular weight excluding hydrogens is 301 g/mol. The number of rotatable bonds is 6. The minimum atomic E-state index is -4.58. The highest BCUT2D eigenvalue weighted by atomic mass is 19.4. The lowest BCUT2D eigenvalue weighted by Gasteiger charge is -2.24. The van der Waals surface area contributed by atoms with E-state index in [4.69, 9.17) is 5.11 Å². The van der Waals surface area contributed by atoms with Gasteiger partial charge >= 0.3 is 12.1 Å². The second-order valence-corrected chi connectivity index (χ2v) is 4.67. The summed E-state index contributed by atoms with van der Waals surface area (Å²) in [5.74, 6) is -1.81. The first-order valence-electron chi connectivity index (χ1n) is 6.59. The minimum absolute atomic E-state index is 0.280. The van der Waals surface area contributed by atoms with Crippen LogP contribution in [0.15, 0.2) is 24.3 Å². The van der Waals surface area contributed by atoms with Gasteiger partial charge in [-0.25, -0.2) is 0 Å². The van der Waals surface area contributed by atoms with Crippen LogP contribution in [0, 0.1) is 0 Å². The normalized spacial score (nSPS) is 13.0. The zero-order valence-corrected chi connectivity index (χ0v) is 12.1. The molecule has 0 radical (unpaired) electrons. The van der Waals surface area contributed by atoms with E-state index in [9.17, 15) is 22.8 Å². The van der Waals surface area contributed by atoms with E-state index in [0.717, 1.165) is 12.1 Å². The van der Waals surface area contributed by atoms with Gasteiger partial charge < -0.3 is 10.4 Å². The van der Waals surface area contributed by atoms with Gasteiger partial charge in [0.1, 0.15) is 6.04 Å². The monoisotopic (exact) mass is 318 g/mol. The molecule has 1 aromatic rings. The molecule has 0 bridgehead atoms. The molecular formula is C14H17F3N2O3. The SMILES string of the molecule is CCN(CC(=O)Nc1ccccc1C(F)(F)F)C(C)C(=O)O. The van der Waals surface area contributed by atoms with Crippen LogP contribution in [0.4, 0.5) is 18.9 Å². The summed E-state index contributed by atoms with van der Waals surface area (Å²) >= 11 is 0. The van der Waals surface area contributed by atoms with Crippen LogP contribution >= 0.6 is 0 Å². The highest BCUT2D eigenvalue weighted by Crippen LogP contribution is 2.34. The molecule has 22 heavy (non-hydrogen) atoms. The van der Waals surface area contributed by atoms with Crippen molar-refractivity contribution in [3.05, 3.63) is 29.8 Å². The third-order valence-corrected chi connectivity index (χ3v) is 3.16. The summed E-state index contributed by atoms with van der Waals surface area (Å²) in [6.45, 7) is 3.04. The summed E-state index contributed by atoms with van der Waals surface area (Å²) in [6.07, 6.45) is -4.58. The molecule has 0 fully saturated rings. The molecule has 1 amide bonds. The second-order valence-electron chi connectivity index (χ2n) is 4.67.